The van der Waals surface area contributed by atoms with Crippen molar-refractivity contribution in [2.75, 3.05) is 0 Å². The molecule has 0 fully saturated rings. The molecule has 1 atom stereocenters. The van der Waals surface area contributed by atoms with Crippen LogP contribution in [0.3, 0.4) is 0 Å². The standard InChI is InChI=1S/C21H19NO4S/c1-15(20(23)22-14-17-10-7-13-27-17)25-21(24)18-11-5-6-12-19(18)26-16-8-3-2-4-9-16/h2-13,15H,14H2,1H3,(H,22,23). The number of hydrogen-bond acceptors (Lipinski definition) is 5. The van der Waals surface area contributed by atoms with Gasteiger partial charge in [0.05, 0.1) is 6.54 Å². The van der Waals surface area contributed by atoms with Crippen molar-refractivity contribution in [1.82, 2.24) is 5.32 Å². The number of amides is 1. The molecule has 0 aliphatic heterocycles. The highest BCUT2D eigenvalue weighted by molar-refractivity contribution is 7.09. The Kier molecular flexibility index (Phi) is 6.22. The van der Waals surface area contributed by atoms with E-state index in [-0.39, 0.29) is 11.5 Å². The Labute approximate surface area is 161 Å². The van der Waals surface area contributed by atoms with Crippen LogP contribution >= 0.6 is 11.3 Å². The van der Waals surface area contributed by atoms with E-state index in [1.165, 1.54) is 0 Å². The van der Waals surface area contributed by atoms with Crippen molar-refractivity contribution in [3.8, 4) is 11.5 Å². The Morgan fingerprint density at radius 3 is 2.48 bits per heavy atom. The molecule has 0 saturated carbocycles. The highest BCUT2D eigenvalue weighted by Crippen LogP contribution is 2.25. The molecule has 0 aliphatic rings. The van der Waals surface area contributed by atoms with Crippen LogP contribution in [0.25, 0.3) is 0 Å². The fourth-order valence-electron chi connectivity index (χ4n) is 2.35. The molecule has 6 heteroatoms. The van der Waals surface area contributed by atoms with E-state index in [0.29, 0.717) is 18.0 Å². The number of para-hydroxylation sites is 2. The van der Waals surface area contributed by atoms with Gasteiger partial charge in [0, 0.05) is 4.88 Å². The van der Waals surface area contributed by atoms with Crippen LogP contribution in [-0.2, 0) is 16.1 Å². The maximum atomic E-state index is 12.5. The minimum Gasteiger partial charge on any atom is -0.456 e. The minimum absolute atomic E-state index is 0.263. The Bertz CT molecular complexity index is 894. The van der Waals surface area contributed by atoms with Crippen LogP contribution in [0.5, 0.6) is 11.5 Å². The summed E-state index contributed by atoms with van der Waals surface area (Å²) in [6.45, 7) is 1.95. The number of carbonyl (C=O) groups excluding carboxylic acids is 2. The zero-order valence-corrected chi connectivity index (χ0v) is 15.6. The SMILES string of the molecule is CC(OC(=O)c1ccccc1Oc1ccccc1)C(=O)NCc1cccs1. The van der Waals surface area contributed by atoms with Crippen LogP contribution in [-0.4, -0.2) is 18.0 Å². The van der Waals surface area contributed by atoms with Gasteiger partial charge in [-0.05, 0) is 42.6 Å². The third kappa shape index (κ3) is 5.18. The van der Waals surface area contributed by atoms with Gasteiger partial charge in [0.2, 0.25) is 0 Å². The third-order valence-corrected chi connectivity index (χ3v) is 4.62. The average Bonchev–Trinajstić information content (AvgIpc) is 3.21. The van der Waals surface area contributed by atoms with Crippen molar-refractivity contribution in [2.45, 2.75) is 19.6 Å². The Morgan fingerprint density at radius 2 is 1.74 bits per heavy atom. The van der Waals surface area contributed by atoms with Gasteiger partial charge in [0.25, 0.3) is 5.91 Å². The van der Waals surface area contributed by atoms with Crippen molar-refractivity contribution in [1.29, 1.82) is 0 Å². The van der Waals surface area contributed by atoms with E-state index in [0.717, 1.165) is 4.88 Å². The molecule has 1 heterocycles. The second-order valence-corrected chi connectivity index (χ2v) is 6.79. The van der Waals surface area contributed by atoms with E-state index >= 15 is 0 Å². The number of nitrogens with one attached hydrogen (secondary N) is 1. The summed E-state index contributed by atoms with van der Waals surface area (Å²) in [5.74, 6) is 0.0258. The van der Waals surface area contributed by atoms with E-state index in [1.807, 2.05) is 35.7 Å². The molecule has 1 N–H and O–H groups in total. The number of benzene rings is 2. The predicted octanol–water partition coefficient (Wildman–Crippen LogP) is 4.40. The first kappa shape index (κ1) is 18.7. The monoisotopic (exact) mass is 381 g/mol. The number of thiophene rings is 1. The largest absolute Gasteiger partial charge is 0.456 e. The average molecular weight is 381 g/mol. The fraction of sp³-hybridized carbons (Fsp3) is 0.143. The zero-order chi connectivity index (χ0) is 19.1. The Hall–Kier alpha value is -3.12. The van der Waals surface area contributed by atoms with Gasteiger partial charge in [0.1, 0.15) is 17.1 Å². The van der Waals surface area contributed by atoms with Gasteiger partial charge in [-0.25, -0.2) is 4.79 Å². The number of ether oxygens (including phenoxy) is 2. The summed E-state index contributed by atoms with van der Waals surface area (Å²) in [6.07, 6.45) is -0.915. The van der Waals surface area contributed by atoms with E-state index in [1.54, 1.807) is 54.7 Å². The van der Waals surface area contributed by atoms with Crippen molar-refractivity contribution in [3.05, 3.63) is 82.6 Å². The molecule has 0 saturated heterocycles. The van der Waals surface area contributed by atoms with Crippen LogP contribution in [0.1, 0.15) is 22.2 Å². The van der Waals surface area contributed by atoms with Crippen LogP contribution in [0.2, 0.25) is 0 Å². The molecule has 0 aliphatic carbocycles. The summed E-state index contributed by atoms with van der Waals surface area (Å²) in [5.41, 5.74) is 0.263. The molecular weight excluding hydrogens is 362 g/mol. The number of hydrogen-bond donors (Lipinski definition) is 1. The molecule has 2 aromatic carbocycles. The highest BCUT2D eigenvalue weighted by Gasteiger charge is 2.21. The summed E-state index contributed by atoms with van der Waals surface area (Å²) in [4.78, 5) is 25.7. The lowest BCUT2D eigenvalue weighted by Crippen LogP contribution is -2.35. The number of esters is 1. The normalized spacial score (nSPS) is 11.4. The molecule has 5 nitrogen and oxygen atoms in total. The quantitative estimate of drug-likeness (QED) is 0.616. The van der Waals surface area contributed by atoms with E-state index in [4.69, 9.17) is 9.47 Å². The molecule has 0 bridgehead atoms. The van der Waals surface area contributed by atoms with E-state index in [2.05, 4.69) is 5.32 Å². The van der Waals surface area contributed by atoms with Gasteiger partial charge in [-0.15, -0.1) is 11.3 Å². The first-order valence-corrected chi connectivity index (χ1v) is 9.34. The van der Waals surface area contributed by atoms with Crippen molar-refractivity contribution in [2.24, 2.45) is 0 Å². The second kappa shape index (κ2) is 9.00. The lowest BCUT2D eigenvalue weighted by Gasteiger charge is -2.15. The molecule has 1 unspecified atom stereocenters. The molecule has 3 aromatic rings. The third-order valence-electron chi connectivity index (χ3n) is 3.75. The van der Waals surface area contributed by atoms with Gasteiger partial charge >= 0.3 is 5.97 Å². The van der Waals surface area contributed by atoms with E-state index in [9.17, 15) is 9.59 Å². The summed E-state index contributed by atoms with van der Waals surface area (Å²) in [5, 5.41) is 4.70. The highest BCUT2D eigenvalue weighted by atomic mass is 32.1. The fourth-order valence-corrected chi connectivity index (χ4v) is 2.99. The van der Waals surface area contributed by atoms with Gasteiger partial charge in [-0.1, -0.05) is 36.4 Å². The summed E-state index contributed by atoms with van der Waals surface area (Å²) < 4.78 is 11.1. The maximum Gasteiger partial charge on any atom is 0.342 e. The molecule has 1 amide bonds. The van der Waals surface area contributed by atoms with Gasteiger partial charge in [-0.2, -0.15) is 0 Å². The first-order valence-electron chi connectivity index (χ1n) is 8.46. The van der Waals surface area contributed by atoms with Crippen LogP contribution < -0.4 is 10.1 Å². The lowest BCUT2D eigenvalue weighted by atomic mass is 10.2. The Morgan fingerprint density at radius 1 is 1.00 bits per heavy atom. The molecule has 27 heavy (non-hydrogen) atoms. The maximum absolute atomic E-state index is 12.5. The summed E-state index contributed by atoms with van der Waals surface area (Å²) in [7, 11) is 0. The lowest BCUT2D eigenvalue weighted by molar-refractivity contribution is -0.129. The van der Waals surface area contributed by atoms with Gasteiger partial charge < -0.3 is 14.8 Å². The van der Waals surface area contributed by atoms with E-state index < -0.39 is 12.1 Å². The molecular formula is C21H19NO4S. The molecule has 3 rings (SSSR count). The van der Waals surface area contributed by atoms with Crippen molar-refractivity contribution < 1.29 is 19.1 Å². The Balaban J connectivity index is 1.62. The molecule has 1 aromatic heterocycles. The van der Waals surface area contributed by atoms with Crippen LogP contribution in [0.4, 0.5) is 0 Å². The summed E-state index contributed by atoms with van der Waals surface area (Å²) in [6, 6.07) is 19.8. The predicted molar refractivity (Wildman–Crippen MR) is 104 cm³/mol. The molecule has 0 radical (unpaired) electrons. The summed E-state index contributed by atoms with van der Waals surface area (Å²) >= 11 is 1.55. The first-order chi connectivity index (χ1) is 13.1. The number of rotatable bonds is 7. The minimum atomic E-state index is -0.915. The van der Waals surface area contributed by atoms with Gasteiger partial charge in [0.15, 0.2) is 6.10 Å². The topological polar surface area (TPSA) is 64.6 Å². The van der Waals surface area contributed by atoms with Crippen molar-refractivity contribution >= 4 is 23.2 Å². The van der Waals surface area contributed by atoms with Crippen LogP contribution in [0, 0.1) is 0 Å². The van der Waals surface area contributed by atoms with Gasteiger partial charge in [-0.3, -0.25) is 4.79 Å². The second-order valence-electron chi connectivity index (χ2n) is 5.76. The van der Waals surface area contributed by atoms with Crippen molar-refractivity contribution in [3.63, 3.8) is 0 Å². The zero-order valence-electron chi connectivity index (χ0n) is 14.8. The molecule has 0 spiro atoms. The van der Waals surface area contributed by atoms with Crippen LogP contribution in [0.15, 0.2) is 72.1 Å². The number of carbonyl (C=O) groups is 2. The molecule has 138 valence electrons. The smallest absolute Gasteiger partial charge is 0.342 e.